The number of likely N-dealkylation sites (N-methyl/N-ethyl adjacent to an activating group) is 1. The predicted octanol–water partition coefficient (Wildman–Crippen LogP) is 3.08. The maximum absolute atomic E-state index is 11.5. The SMILES string of the molecule is C.C=C.CCN(CC)CC1COC(=O)O1.F.I.O=C1OCC(CF)O1.O=C1OCC(CO)O1. The quantitative estimate of drug-likeness (QED) is 0.208. The summed E-state index contributed by atoms with van der Waals surface area (Å²) < 4.78 is 38.3. The van der Waals surface area contributed by atoms with Crippen LogP contribution in [0.1, 0.15) is 21.3 Å². The number of halogens is 3. The third-order valence-corrected chi connectivity index (χ3v) is 3.68. The maximum atomic E-state index is 11.5. The Morgan fingerprint density at radius 2 is 1.24 bits per heavy atom. The first-order valence-electron chi connectivity index (χ1n) is 9.31. The number of nitrogens with zero attached hydrogens (tertiary/aromatic N) is 1. The minimum Gasteiger partial charge on any atom is -0.430 e. The number of ether oxygens (including phenoxy) is 6. The molecule has 1 N–H and O–H groups in total. The zero-order valence-corrected chi connectivity index (χ0v) is 20.4. The van der Waals surface area contributed by atoms with Crippen LogP contribution in [-0.4, -0.2) is 99.5 Å². The Hall–Kier alpha value is -1.94. The van der Waals surface area contributed by atoms with Crippen molar-refractivity contribution in [2.24, 2.45) is 0 Å². The normalized spacial score (nSPS) is 21.5. The minimum atomic E-state index is -0.771. The van der Waals surface area contributed by atoms with Crippen LogP contribution in [-0.2, 0) is 28.4 Å². The van der Waals surface area contributed by atoms with E-state index < -0.39 is 37.3 Å². The first kappa shape index (κ1) is 38.3. The number of rotatable bonds is 6. The lowest BCUT2D eigenvalue weighted by Gasteiger charge is -2.19. The molecule has 0 saturated carbocycles. The Morgan fingerprint density at radius 3 is 1.45 bits per heavy atom. The van der Waals surface area contributed by atoms with Crippen LogP contribution in [0, 0.1) is 0 Å². The van der Waals surface area contributed by atoms with E-state index >= 15 is 0 Å². The molecule has 0 radical (unpaired) electrons. The van der Waals surface area contributed by atoms with E-state index in [0.717, 1.165) is 19.6 Å². The van der Waals surface area contributed by atoms with Gasteiger partial charge >= 0.3 is 18.5 Å². The largest absolute Gasteiger partial charge is 0.508 e. The molecule has 0 aromatic heterocycles. The highest BCUT2D eigenvalue weighted by Crippen LogP contribution is 2.07. The molecule has 0 aromatic rings. The Bertz CT molecular complexity index is 503. The molecule has 3 aliphatic heterocycles. The molecule has 11 nitrogen and oxygen atoms in total. The molecule has 33 heavy (non-hydrogen) atoms. The molecule has 0 spiro atoms. The topological polar surface area (TPSA) is 130 Å². The van der Waals surface area contributed by atoms with Crippen molar-refractivity contribution in [1.82, 2.24) is 4.90 Å². The number of hydrogen-bond acceptors (Lipinski definition) is 11. The summed E-state index contributed by atoms with van der Waals surface area (Å²) in [4.78, 5) is 32.8. The van der Waals surface area contributed by atoms with Crippen molar-refractivity contribution in [2.75, 3.05) is 52.7 Å². The van der Waals surface area contributed by atoms with E-state index in [-0.39, 0.29) is 62.0 Å². The number of alkyl halides is 1. The van der Waals surface area contributed by atoms with Crippen LogP contribution >= 0.6 is 24.0 Å². The fraction of sp³-hybridized carbons (Fsp3) is 0.737. The first-order valence-corrected chi connectivity index (χ1v) is 9.31. The second kappa shape index (κ2) is 23.2. The van der Waals surface area contributed by atoms with Crippen molar-refractivity contribution in [3.8, 4) is 0 Å². The van der Waals surface area contributed by atoms with Gasteiger partial charge in [0.1, 0.15) is 26.5 Å². The Labute approximate surface area is 209 Å². The molecule has 0 aromatic carbocycles. The van der Waals surface area contributed by atoms with Gasteiger partial charge in [-0.1, -0.05) is 21.3 Å². The van der Waals surface area contributed by atoms with Crippen molar-refractivity contribution in [1.29, 1.82) is 0 Å². The third-order valence-electron chi connectivity index (χ3n) is 3.68. The van der Waals surface area contributed by atoms with Gasteiger partial charge in [0.25, 0.3) is 0 Å². The summed E-state index contributed by atoms with van der Waals surface area (Å²) in [6.45, 7) is 12.7. The van der Waals surface area contributed by atoms with E-state index in [1.807, 2.05) is 0 Å². The fourth-order valence-electron chi connectivity index (χ4n) is 2.12. The highest BCUT2D eigenvalue weighted by atomic mass is 127. The van der Waals surface area contributed by atoms with Gasteiger partial charge in [-0.05, 0) is 13.1 Å². The highest BCUT2D eigenvalue weighted by Gasteiger charge is 2.26. The number of aliphatic hydroxyl groups is 1. The Balaban J connectivity index is -0.000000180. The lowest BCUT2D eigenvalue weighted by atomic mass is 10.3. The molecular weight excluding hydrogens is 567 g/mol. The monoisotopic (exact) mass is 603 g/mol. The smallest absolute Gasteiger partial charge is 0.430 e. The number of hydrogen-bond donors (Lipinski definition) is 1. The van der Waals surface area contributed by atoms with E-state index in [2.05, 4.69) is 55.6 Å². The van der Waals surface area contributed by atoms with E-state index in [4.69, 9.17) is 9.84 Å². The molecule has 0 bridgehead atoms. The highest BCUT2D eigenvalue weighted by molar-refractivity contribution is 14.0. The molecule has 3 unspecified atom stereocenters. The zero-order valence-electron chi connectivity index (χ0n) is 18.1. The van der Waals surface area contributed by atoms with Crippen molar-refractivity contribution in [3.05, 3.63) is 13.2 Å². The van der Waals surface area contributed by atoms with Crippen molar-refractivity contribution < 1.29 is 57.0 Å². The van der Waals surface area contributed by atoms with Gasteiger partial charge in [0.15, 0.2) is 18.3 Å². The Morgan fingerprint density at radius 1 is 0.879 bits per heavy atom. The third kappa shape index (κ3) is 17.2. The van der Waals surface area contributed by atoms with Gasteiger partial charge in [-0.3, -0.25) is 4.70 Å². The molecule has 3 aliphatic rings. The fourth-order valence-corrected chi connectivity index (χ4v) is 2.12. The number of carbonyl (C=O) groups is 3. The van der Waals surface area contributed by atoms with Gasteiger partial charge in [-0.25, -0.2) is 18.8 Å². The van der Waals surface area contributed by atoms with Crippen molar-refractivity contribution >= 4 is 42.4 Å². The van der Waals surface area contributed by atoms with Gasteiger partial charge in [-0.2, -0.15) is 0 Å². The molecular formula is C19H36F2INO10. The van der Waals surface area contributed by atoms with Crippen LogP contribution in [0.3, 0.4) is 0 Å². The molecule has 3 heterocycles. The van der Waals surface area contributed by atoms with Crippen LogP contribution in [0.2, 0.25) is 0 Å². The van der Waals surface area contributed by atoms with Crippen LogP contribution in [0.4, 0.5) is 23.5 Å². The summed E-state index contributed by atoms with van der Waals surface area (Å²) >= 11 is 0. The lowest BCUT2D eigenvalue weighted by Crippen LogP contribution is -2.33. The summed E-state index contributed by atoms with van der Waals surface area (Å²) in [6.07, 6.45) is -3.17. The van der Waals surface area contributed by atoms with Crippen LogP contribution in [0.5, 0.6) is 0 Å². The number of aliphatic hydroxyl groups excluding tert-OH is 1. The molecule has 3 atom stereocenters. The molecule has 198 valence electrons. The maximum Gasteiger partial charge on any atom is 0.508 e. The minimum absolute atomic E-state index is 0. The predicted molar refractivity (Wildman–Crippen MR) is 125 cm³/mol. The average Bonchev–Trinajstić information content (AvgIpc) is 3.50. The lowest BCUT2D eigenvalue weighted by molar-refractivity contribution is 0.0918. The first-order chi connectivity index (χ1) is 14.4. The summed E-state index contributed by atoms with van der Waals surface area (Å²) in [5.41, 5.74) is 0. The molecule has 3 fully saturated rings. The molecule has 3 saturated heterocycles. The summed E-state index contributed by atoms with van der Waals surface area (Å²) in [7, 11) is 0. The Kier molecular flexibility index (Phi) is 27.0. The van der Waals surface area contributed by atoms with E-state index in [1.165, 1.54) is 0 Å². The molecule has 0 amide bonds. The average molecular weight is 603 g/mol. The second-order valence-corrected chi connectivity index (χ2v) is 5.73. The molecule has 14 heteroatoms. The van der Waals surface area contributed by atoms with E-state index in [0.29, 0.717) is 6.61 Å². The summed E-state index contributed by atoms with van der Waals surface area (Å²) in [5, 5.41) is 8.33. The van der Waals surface area contributed by atoms with Crippen molar-refractivity contribution in [2.45, 2.75) is 39.6 Å². The van der Waals surface area contributed by atoms with Gasteiger partial charge in [0, 0.05) is 6.54 Å². The second-order valence-electron chi connectivity index (χ2n) is 5.73. The molecule has 0 aliphatic carbocycles. The summed E-state index contributed by atoms with van der Waals surface area (Å²) in [6, 6.07) is 0. The van der Waals surface area contributed by atoms with E-state index in [1.54, 1.807) is 0 Å². The zero-order chi connectivity index (χ0) is 22.9. The number of carbonyl (C=O) groups excluding carboxylic acids is 3. The van der Waals surface area contributed by atoms with Crippen LogP contribution in [0.15, 0.2) is 13.2 Å². The standard InChI is InChI=1S/C8H15NO3.C4H5FO3.C4H6O4.C2H4.CH4.FH.HI/c1-3-9(4-2)5-7-6-11-8(10)12-7;2*5-1-3-2-7-4(6)8-3;1-2;;;/h7H,3-6H2,1-2H3;3H,1-2H2;3,5H,1-2H2;1-2H2;1H4;2*1H. The van der Waals surface area contributed by atoms with Gasteiger partial charge in [-0.15, -0.1) is 37.1 Å². The van der Waals surface area contributed by atoms with Gasteiger partial charge in [0.2, 0.25) is 0 Å². The van der Waals surface area contributed by atoms with Crippen LogP contribution < -0.4 is 0 Å². The summed E-state index contributed by atoms with van der Waals surface area (Å²) in [5.74, 6) is 0. The van der Waals surface area contributed by atoms with Crippen LogP contribution in [0.25, 0.3) is 0 Å². The van der Waals surface area contributed by atoms with Gasteiger partial charge < -0.3 is 38.4 Å². The number of cyclic esters (lactones) is 6. The van der Waals surface area contributed by atoms with E-state index in [9.17, 15) is 18.8 Å². The van der Waals surface area contributed by atoms with Crippen molar-refractivity contribution in [3.63, 3.8) is 0 Å². The molecule has 3 rings (SSSR count). The van der Waals surface area contributed by atoms with Gasteiger partial charge in [0.05, 0.1) is 6.61 Å².